The summed E-state index contributed by atoms with van der Waals surface area (Å²) in [4.78, 5) is 0. The fourth-order valence-electron chi connectivity index (χ4n) is 2.27. The fraction of sp³-hybridized carbons (Fsp3) is 0.333. The van der Waals surface area contributed by atoms with Crippen molar-refractivity contribution in [2.75, 3.05) is 0 Å². The molecular formula is C12H14S. The highest BCUT2D eigenvalue weighted by Crippen LogP contribution is 2.60. The molecule has 0 nitrogen and oxygen atoms in total. The summed E-state index contributed by atoms with van der Waals surface area (Å²) in [6.45, 7) is 8.58. The third-order valence-electron chi connectivity index (χ3n) is 3.68. The molecule has 13 heavy (non-hydrogen) atoms. The van der Waals surface area contributed by atoms with Gasteiger partial charge in [0.25, 0.3) is 0 Å². The third kappa shape index (κ3) is 0.833. The number of fused-ring (bicyclic) bond motifs is 1. The maximum Gasteiger partial charge on any atom is 0.0296 e. The lowest BCUT2D eigenvalue weighted by Gasteiger charge is -2.36. The molecule has 0 aliphatic heterocycles. The molecule has 2 atom stereocenters. The van der Waals surface area contributed by atoms with Crippen LogP contribution in [-0.2, 0) is 0 Å². The number of thiol groups is 1. The van der Waals surface area contributed by atoms with Crippen LogP contribution in [0.1, 0.15) is 13.8 Å². The van der Waals surface area contributed by atoms with Gasteiger partial charge >= 0.3 is 0 Å². The van der Waals surface area contributed by atoms with Gasteiger partial charge in [0.05, 0.1) is 0 Å². The lowest BCUT2D eigenvalue weighted by Crippen LogP contribution is -2.29. The summed E-state index contributed by atoms with van der Waals surface area (Å²) in [6.07, 6.45) is 8.75. The first-order valence-electron chi connectivity index (χ1n) is 4.47. The SMILES string of the molecule is C=C1C=CC2(C)C=C/C(=C/S)C12C. The minimum atomic E-state index is 0.0365. The van der Waals surface area contributed by atoms with E-state index in [4.69, 9.17) is 0 Å². The van der Waals surface area contributed by atoms with E-state index in [1.165, 1.54) is 11.1 Å². The van der Waals surface area contributed by atoms with Crippen molar-refractivity contribution in [1.29, 1.82) is 0 Å². The molecule has 2 rings (SSSR count). The highest BCUT2D eigenvalue weighted by atomic mass is 32.1. The minimum absolute atomic E-state index is 0.0365. The first-order valence-corrected chi connectivity index (χ1v) is 4.99. The average Bonchev–Trinajstić information content (AvgIpc) is 2.48. The zero-order chi connectivity index (χ0) is 9.69. The Bertz CT molecular complexity index is 359. The highest BCUT2D eigenvalue weighted by molar-refractivity contribution is 7.83. The van der Waals surface area contributed by atoms with E-state index in [0.717, 1.165) is 0 Å². The second kappa shape index (κ2) is 2.42. The maximum atomic E-state index is 4.25. The second-order valence-corrected chi connectivity index (χ2v) is 4.44. The third-order valence-corrected chi connectivity index (χ3v) is 3.95. The van der Waals surface area contributed by atoms with E-state index >= 15 is 0 Å². The van der Waals surface area contributed by atoms with Crippen molar-refractivity contribution in [2.45, 2.75) is 13.8 Å². The van der Waals surface area contributed by atoms with Gasteiger partial charge in [-0.25, -0.2) is 0 Å². The fourth-order valence-corrected chi connectivity index (χ4v) is 2.62. The molecule has 0 radical (unpaired) electrons. The van der Waals surface area contributed by atoms with Crippen LogP contribution >= 0.6 is 12.6 Å². The van der Waals surface area contributed by atoms with E-state index in [9.17, 15) is 0 Å². The molecule has 0 amide bonds. The van der Waals surface area contributed by atoms with Crippen molar-refractivity contribution in [3.05, 3.63) is 47.4 Å². The number of hydrogen-bond donors (Lipinski definition) is 1. The van der Waals surface area contributed by atoms with Gasteiger partial charge in [0.1, 0.15) is 0 Å². The van der Waals surface area contributed by atoms with Crippen LogP contribution in [0.3, 0.4) is 0 Å². The summed E-state index contributed by atoms with van der Waals surface area (Å²) in [5.74, 6) is 0. The van der Waals surface area contributed by atoms with E-state index in [2.05, 4.69) is 57.4 Å². The summed E-state index contributed by atoms with van der Waals surface area (Å²) in [6, 6.07) is 0. The molecule has 1 heteroatoms. The Kier molecular flexibility index (Phi) is 1.65. The molecule has 0 heterocycles. The largest absolute Gasteiger partial charge is 0.151 e. The van der Waals surface area contributed by atoms with Crippen LogP contribution in [0, 0.1) is 10.8 Å². The van der Waals surface area contributed by atoms with Crippen LogP contribution in [0.15, 0.2) is 47.4 Å². The van der Waals surface area contributed by atoms with Gasteiger partial charge in [-0.05, 0) is 16.6 Å². The summed E-state index contributed by atoms with van der Waals surface area (Å²) in [5, 5.41) is 1.89. The standard InChI is InChI=1S/C12H14S/c1-9-4-6-11(2)7-5-10(8-13)12(9,11)3/h4-8,13H,1H2,2-3H3/b10-8-. The van der Waals surface area contributed by atoms with E-state index in [1.54, 1.807) is 0 Å². The van der Waals surface area contributed by atoms with Gasteiger partial charge in [-0.15, -0.1) is 0 Å². The van der Waals surface area contributed by atoms with E-state index < -0.39 is 0 Å². The molecule has 0 spiro atoms. The molecule has 68 valence electrons. The van der Waals surface area contributed by atoms with Crippen molar-refractivity contribution in [3.8, 4) is 0 Å². The van der Waals surface area contributed by atoms with Crippen LogP contribution in [0.5, 0.6) is 0 Å². The molecule has 0 aromatic rings. The van der Waals surface area contributed by atoms with Crippen molar-refractivity contribution in [2.24, 2.45) is 10.8 Å². The highest BCUT2D eigenvalue weighted by Gasteiger charge is 2.50. The topological polar surface area (TPSA) is 0 Å². The Balaban J connectivity index is 2.62. The van der Waals surface area contributed by atoms with Gasteiger partial charge in [0.15, 0.2) is 0 Å². The van der Waals surface area contributed by atoms with Crippen molar-refractivity contribution < 1.29 is 0 Å². The zero-order valence-corrected chi connectivity index (χ0v) is 8.94. The number of hydrogen-bond acceptors (Lipinski definition) is 1. The van der Waals surface area contributed by atoms with Gasteiger partial charge in [-0.3, -0.25) is 0 Å². The molecule has 0 aromatic carbocycles. The summed E-state index contributed by atoms with van der Waals surface area (Å²) < 4.78 is 0. The zero-order valence-electron chi connectivity index (χ0n) is 8.04. The van der Waals surface area contributed by atoms with Gasteiger partial charge in [-0.1, -0.05) is 44.7 Å². The van der Waals surface area contributed by atoms with E-state index in [0.29, 0.717) is 0 Å². The van der Waals surface area contributed by atoms with E-state index in [-0.39, 0.29) is 10.8 Å². The molecule has 0 N–H and O–H groups in total. The molecule has 0 saturated heterocycles. The van der Waals surface area contributed by atoms with Gasteiger partial charge in [0.2, 0.25) is 0 Å². The average molecular weight is 190 g/mol. The van der Waals surface area contributed by atoms with E-state index in [1.807, 2.05) is 5.41 Å². The normalized spacial score (nSPS) is 44.8. The summed E-state index contributed by atoms with van der Waals surface area (Å²) >= 11 is 4.25. The van der Waals surface area contributed by atoms with Crippen LogP contribution in [-0.4, -0.2) is 0 Å². The lowest BCUT2D eigenvalue weighted by atomic mass is 9.67. The first kappa shape index (κ1) is 8.89. The Labute approximate surface area is 85.1 Å². The summed E-state index contributed by atoms with van der Waals surface area (Å²) in [5.41, 5.74) is 2.58. The predicted molar refractivity (Wildman–Crippen MR) is 60.7 cm³/mol. The molecule has 0 fully saturated rings. The maximum absolute atomic E-state index is 4.25. The predicted octanol–water partition coefficient (Wildman–Crippen LogP) is 3.51. The number of rotatable bonds is 0. The quantitative estimate of drug-likeness (QED) is 0.555. The molecule has 2 aliphatic carbocycles. The Hall–Kier alpha value is -0.690. The van der Waals surface area contributed by atoms with Crippen LogP contribution in [0.25, 0.3) is 0 Å². The first-order chi connectivity index (χ1) is 6.04. The van der Waals surface area contributed by atoms with Crippen molar-refractivity contribution >= 4 is 12.6 Å². The van der Waals surface area contributed by atoms with Crippen LogP contribution in [0.2, 0.25) is 0 Å². The molecule has 0 saturated carbocycles. The van der Waals surface area contributed by atoms with Gasteiger partial charge < -0.3 is 0 Å². The molecule has 0 aromatic heterocycles. The molecule has 2 unspecified atom stereocenters. The van der Waals surface area contributed by atoms with Gasteiger partial charge in [0, 0.05) is 10.8 Å². The van der Waals surface area contributed by atoms with Crippen molar-refractivity contribution in [1.82, 2.24) is 0 Å². The van der Waals surface area contributed by atoms with Crippen molar-refractivity contribution in [3.63, 3.8) is 0 Å². The van der Waals surface area contributed by atoms with Crippen LogP contribution < -0.4 is 0 Å². The summed E-state index contributed by atoms with van der Waals surface area (Å²) in [7, 11) is 0. The van der Waals surface area contributed by atoms with Gasteiger partial charge in [-0.2, -0.15) is 12.6 Å². The Morgan fingerprint density at radius 3 is 2.54 bits per heavy atom. The smallest absolute Gasteiger partial charge is 0.0296 e. The second-order valence-electron chi connectivity index (χ2n) is 4.18. The lowest BCUT2D eigenvalue weighted by molar-refractivity contribution is 0.326. The van der Waals surface area contributed by atoms with Crippen LogP contribution in [0.4, 0.5) is 0 Å². The molecule has 2 aliphatic rings. The minimum Gasteiger partial charge on any atom is -0.151 e. The number of allylic oxidation sites excluding steroid dienone is 6. The monoisotopic (exact) mass is 190 g/mol. The molecular weight excluding hydrogens is 176 g/mol. The Morgan fingerprint density at radius 2 is 1.92 bits per heavy atom. The molecule has 0 bridgehead atoms. The Morgan fingerprint density at radius 1 is 1.31 bits per heavy atom.